The average molecular weight is 326 g/mol. The van der Waals surface area contributed by atoms with Gasteiger partial charge in [-0.25, -0.2) is 0 Å². The summed E-state index contributed by atoms with van der Waals surface area (Å²) in [5.41, 5.74) is 8.54. The summed E-state index contributed by atoms with van der Waals surface area (Å²) in [5, 5.41) is 2.85. The Morgan fingerprint density at radius 1 is 1.17 bits per heavy atom. The fourth-order valence-corrected chi connectivity index (χ4v) is 2.34. The molecule has 0 heterocycles. The number of ether oxygens (including phenoxy) is 1. The third kappa shape index (κ3) is 4.35. The van der Waals surface area contributed by atoms with Crippen LogP contribution in [0.5, 0.6) is 5.75 Å². The molecule has 0 aliphatic rings. The zero-order valence-electron chi connectivity index (χ0n) is 14.1. The van der Waals surface area contributed by atoms with Crippen molar-refractivity contribution in [3.05, 3.63) is 53.6 Å². The second-order valence-corrected chi connectivity index (χ2v) is 5.89. The number of Topliss-reactive ketones (excluding diaryl/α,β-unsaturated/α-hetero) is 1. The number of nitrogens with two attached hydrogens (primary N) is 1. The monoisotopic (exact) mass is 326 g/mol. The first-order valence-corrected chi connectivity index (χ1v) is 7.80. The number of ketones is 1. The summed E-state index contributed by atoms with van der Waals surface area (Å²) >= 11 is 0. The highest BCUT2D eigenvalue weighted by Crippen LogP contribution is 2.25. The largest absolute Gasteiger partial charge is 0.482 e. The molecule has 0 fully saturated rings. The van der Waals surface area contributed by atoms with E-state index in [0.717, 1.165) is 11.3 Å². The van der Waals surface area contributed by atoms with Crippen LogP contribution < -0.4 is 15.8 Å². The second kappa shape index (κ2) is 7.64. The van der Waals surface area contributed by atoms with Crippen LogP contribution >= 0.6 is 0 Å². The fraction of sp³-hybridized carbons (Fsp3) is 0.263. The molecule has 1 amide bonds. The Balaban J connectivity index is 2.00. The van der Waals surface area contributed by atoms with Crippen LogP contribution in [0.3, 0.4) is 0 Å². The Bertz CT molecular complexity index is 754. The van der Waals surface area contributed by atoms with E-state index in [1.165, 1.54) is 6.92 Å². The molecule has 0 atom stereocenters. The van der Waals surface area contributed by atoms with Crippen molar-refractivity contribution < 1.29 is 14.3 Å². The van der Waals surface area contributed by atoms with E-state index in [1.54, 1.807) is 18.2 Å². The smallest absolute Gasteiger partial charge is 0.262 e. The molecular weight excluding hydrogens is 304 g/mol. The molecular formula is C19H22N2O3. The SMILES string of the molecule is CC(=O)c1ccc(OCC(=O)Nc2ccccc2C(C)C)c(N)c1. The molecule has 24 heavy (non-hydrogen) atoms. The Kier molecular flexibility index (Phi) is 5.58. The van der Waals surface area contributed by atoms with Crippen molar-refractivity contribution in [3.63, 3.8) is 0 Å². The van der Waals surface area contributed by atoms with Crippen LogP contribution in [0, 0.1) is 0 Å². The predicted molar refractivity (Wildman–Crippen MR) is 95.5 cm³/mol. The van der Waals surface area contributed by atoms with E-state index in [0.29, 0.717) is 22.9 Å². The maximum Gasteiger partial charge on any atom is 0.262 e. The lowest BCUT2D eigenvalue weighted by molar-refractivity contribution is -0.118. The van der Waals surface area contributed by atoms with E-state index in [4.69, 9.17) is 10.5 Å². The minimum absolute atomic E-state index is 0.0729. The zero-order chi connectivity index (χ0) is 17.7. The first-order valence-electron chi connectivity index (χ1n) is 7.80. The number of nitrogens with one attached hydrogen (secondary N) is 1. The molecule has 0 unspecified atom stereocenters. The van der Waals surface area contributed by atoms with Crippen LogP contribution in [0.4, 0.5) is 11.4 Å². The molecule has 2 rings (SSSR count). The number of rotatable bonds is 6. The van der Waals surface area contributed by atoms with Gasteiger partial charge in [-0.1, -0.05) is 32.0 Å². The third-order valence-electron chi connectivity index (χ3n) is 3.63. The van der Waals surface area contributed by atoms with Gasteiger partial charge < -0.3 is 15.8 Å². The molecule has 0 saturated heterocycles. The summed E-state index contributed by atoms with van der Waals surface area (Å²) in [6.07, 6.45) is 0. The summed E-state index contributed by atoms with van der Waals surface area (Å²) in [4.78, 5) is 23.4. The standard InChI is InChI=1S/C19H22N2O3/c1-12(2)15-6-4-5-7-17(15)21-19(23)11-24-18-9-8-14(13(3)22)10-16(18)20/h4-10,12H,11,20H2,1-3H3,(H,21,23). The molecule has 0 aliphatic heterocycles. The van der Waals surface area contributed by atoms with Crippen LogP contribution in [0.2, 0.25) is 0 Å². The highest BCUT2D eigenvalue weighted by molar-refractivity contribution is 5.95. The summed E-state index contributed by atoms with van der Waals surface area (Å²) in [7, 11) is 0. The van der Waals surface area contributed by atoms with Crippen LogP contribution in [0.1, 0.15) is 42.6 Å². The predicted octanol–water partition coefficient (Wildman–Crippen LogP) is 3.61. The van der Waals surface area contributed by atoms with Gasteiger partial charge in [0.05, 0.1) is 5.69 Å². The Hall–Kier alpha value is -2.82. The first-order chi connectivity index (χ1) is 11.4. The number of carbonyl (C=O) groups is 2. The molecule has 0 spiro atoms. The van der Waals surface area contributed by atoms with Gasteiger partial charge in [-0.2, -0.15) is 0 Å². The molecule has 5 heteroatoms. The molecule has 0 aliphatic carbocycles. The molecule has 0 saturated carbocycles. The first kappa shape index (κ1) is 17.5. The number of benzene rings is 2. The van der Waals surface area contributed by atoms with Gasteiger partial charge in [-0.05, 0) is 42.7 Å². The van der Waals surface area contributed by atoms with Crippen molar-refractivity contribution in [1.82, 2.24) is 0 Å². The van der Waals surface area contributed by atoms with Crippen molar-refractivity contribution >= 4 is 23.1 Å². The van der Waals surface area contributed by atoms with E-state index in [9.17, 15) is 9.59 Å². The van der Waals surface area contributed by atoms with Crippen LogP contribution in [-0.2, 0) is 4.79 Å². The van der Waals surface area contributed by atoms with Crippen molar-refractivity contribution in [2.75, 3.05) is 17.7 Å². The normalized spacial score (nSPS) is 10.5. The van der Waals surface area contributed by atoms with Gasteiger partial charge in [0.2, 0.25) is 0 Å². The number of hydrogen-bond donors (Lipinski definition) is 2. The quantitative estimate of drug-likeness (QED) is 0.627. The lowest BCUT2D eigenvalue weighted by Gasteiger charge is -2.14. The molecule has 3 N–H and O–H groups in total. The Labute approximate surface area is 141 Å². The van der Waals surface area contributed by atoms with E-state index >= 15 is 0 Å². The number of hydrogen-bond acceptors (Lipinski definition) is 4. The van der Waals surface area contributed by atoms with Crippen molar-refractivity contribution in [2.24, 2.45) is 0 Å². The van der Waals surface area contributed by atoms with Crippen molar-refractivity contribution in [2.45, 2.75) is 26.7 Å². The maximum absolute atomic E-state index is 12.1. The lowest BCUT2D eigenvalue weighted by atomic mass is 10.0. The number of anilines is 2. The van der Waals surface area contributed by atoms with Crippen LogP contribution in [0.15, 0.2) is 42.5 Å². The Morgan fingerprint density at radius 3 is 2.50 bits per heavy atom. The van der Waals surface area contributed by atoms with Crippen molar-refractivity contribution in [3.8, 4) is 5.75 Å². The average Bonchev–Trinajstić information content (AvgIpc) is 2.53. The molecule has 126 valence electrons. The van der Waals surface area contributed by atoms with Gasteiger partial charge in [0.1, 0.15) is 5.75 Å². The van der Waals surface area contributed by atoms with Gasteiger partial charge in [-0.3, -0.25) is 9.59 Å². The highest BCUT2D eigenvalue weighted by Gasteiger charge is 2.11. The van der Waals surface area contributed by atoms with E-state index in [2.05, 4.69) is 19.2 Å². The van der Waals surface area contributed by atoms with Gasteiger partial charge in [0.15, 0.2) is 12.4 Å². The second-order valence-electron chi connectivity index (χ2n) is 5.89. The van der Waals surface area contributed by atoms with Gasteiger partial charge in [-0.15, -0.1) is 0 Å². The molecule has 2 aromatic rings. The van der Waals surface area contributed by atoms with Crippen LogP contribution in [0.25, 0.3) is 0 Å². The zero-order valence-corrected chi connectivity index (χ0v) is 14.1. The fourth-order valence-electron chi connectivity index (χ4n) is 2.34. The number of para-hydroxylation sites is 1. The topological polar surface area (TPSA) is 81.4 Å². The summed E-state index contributed by atoms with van der Waals surface area (Å²) < 4.78 is 5.46. The summed E-state index contributed by atoms with van der Waals surface area (Å²) in [5.74, 6) is 0.346. The minimum Gasteiger partial charge on any atom is -0.482 e. The van der Waals surface area contributed by atoms with Gasteiger partial charge in [0.25, 0.3) is 5.91 Å². The maximum atomic E-state index is 12.1. The number of carbonyl (C=O) groups excluding carboxylic acids is 2. The molecule has 5 nitrogen and oxygen atoms in total. The van der Waals surface area contributed by atoms with E-state index in [-0.39, 0.29) is 18.3 Å². The van der Waals surface area contributed by atoms with Crippen molar-refractivity contribution in [1.29, 1.82) is 0 Å². The lowest BCUT2D eigenvalue weighted by Crippen LogP contribution is -2.21. The Morgan fingerprint density at radius 2 is 1.88 bits per heavy atom. The van der Waals surface area contributed by atoms with Gasteiger partial charge in [0, 0.05) is 11.3 Å². The van der Waals surface area contributed by atoms with E-state index in [1.807, 2.05) is 24.3 Å². The number of amides is 1. The molecule has 2 aromatic carbocycles. The summed E-state index contributed by atoms with van der Waals surface area (Å²) in [6.45, 7) is 5.45. The van der Waals surface area contributed by atoms with Crippen LogP contribution in [-0.4, -0.2) is 18.3 Å². The molecule has 0 bridgehead atoms. The minimum atomic E-state index is -0.266. The molecule has 0 aromatic heterocycles. The number of nitrogen functional groups attached to an aromatic ring is 1. The highest BCUT2D eigenvalue weighted by atomic mass is 16.5. The third-order valence-corrected chi connectivity index (χ3v) is 3.63. The van der Waals surface area contributed by atoms with E-state index < -0.39 is 0 Å². The van der Waals surface area contributed by atoms with Gasteiger partial charge >= 0.3 is 0 Å². The summed E-state index contributed by atoms with van der Waals surface area (Å²) in [6, 6.07) is 12.4. The molecule has 0 radical (unpaired) electrons.